The van der Waals surface area contributed by atoms with E-state index in [1.807, 2.05) is 54.4 Å². The highest BCUT2D eigenvalue weighted by Crippen LogP contribution is 2.23. The van der Waals surface area contributed by atoms with Crippen LogP contribution in [0.5, 0.6) is 0 Å². The van der Waals surface area contributed by atoms with Crippen LogP contribution < -0.4 is 0 Å². The molecule has 0 spiro atoms. The highest BCUT2D eigenvalue weighted by molar-refractivity contribution is 9.10. The van der Waals surface area contributed by atoms with Crippen molar-refractivity contribution >= 4 is 15.9 Å². The summed E-state index contributed by atoms with van der Waals surface area (Å²) < 4.78 is 14.4. The summed E-state index contributed by atoms with van der Waals surface area (Å²) in [7, 11) is 1.96. The summed E-state index contributed by atoms with van der Waals surface area (Å²) >= 11 is 3.40. The Bertz CT molecular complexity index is 498. The van der Waals surface area contributed by atoms with E-state index < -0.39 is 0 Å². The van der Waals surface area contributed by atoms with Crippen molar-refractivity contribution in [3.8, 4) is 0 Å². The molecule has 0 N–H and O–H groups in total. The molecule has 2 aromatic rings. The lowest BCUT2D eigenvalue weighted by Crippen LogP contribution is -2.25. The molecule has 19 heavy (non-hydrogen) atoms. The second-order valence-corrected chi connectivity index (χ2v) is 5.54. The highest BCUT2D eigenvalue weighted by Gasteiger charge is 2.16. The van der Waals surface area contributed by atoms with Gasteiger partial charge in [-0.25, -0.2) is 4.39 Å². The fraction of sp³-hybridized carbons (Fsp3) is 0.250. The lowest BCUT2D eigenvalue weighted by atomic mass is 10.1. The van der Waals surface area contributed by atoms with Crippen molar-refractivity contribution in [1.29, 1.82) is 0 Å². The number of alkyl halides is 1. The summed E-state index contributed by atoms with van der Waals surface area (Å²) in [6.45, 7) is 0.358. The monoisotopic (exact) mass is 321 g/mol. The topological polar surface area (TPSA) is 3.24 Å². The Morgan fingerprint density at radius 3 is 2.26 bits per heavy atom. The second-order valence-electron chi connectivity index (χ2n) is 4.62. The quantitative estimate of drug-likeness (QED) is 0.778. The largest absolute Gasteiger partial charge is 0.293 e. The van der Waals surface area contributed by atoms with Crippen molar-refractivity contribution in [2.75, 3.05) is 13.7 Å². The third kappa shape index (κ3) is 3.88. The fourth-order valence-corrected chi connectivity index (χ4v) is 2.39. The molecule has 2 aromatic carbocycles. The Kier molecular flexibility index (Phi) is 5.11. The Labute approximate surface area is 122 Å². The van der Waals surface area contributed by atoms with Crippen LogP contribution in [0.2, 0.25) is 0 Å². The molecule has 0 aliphatic heterocycles. The molecular weight excluding hydrogens is 305 g/mol. The van der Waals surface area contributed by atoms with Crippen LogP contribution in [0.1, 0.15) is 17.2 Å². The minimum Gasteiger partial charge on any atom is -0.293 e. The molecule has 2 rings (SSSR count). The standard InChI is InChI=1S/C16H17BrFN/c1-19(12-13-5-3-2-4-6-13)16(11-18)14-7-9-15(17)10-8-14/h2-10,16H,11-12H2,1H3. The van der Waals surface area contributed by atoms with Gasteiger partial charge in [-0.1, -0.05) is 58.4 Å². The lowest BCUT2D eigenvalue weighted by Gasteiger charge is -2.26. The number of rotatable bonds is 5. The average Bonchev–Trinajstić information content (AvgIpc) is 2.43. The van der Waals surface area contributed by atoms with Crippen LogP contribution in [0, 0.1) is 0 Å². The number of benzene rings is 2. The van der Waals surface area contributed by atoms with Gasteiger partial charge in [0.15, 0.2) is 0 Å². The molecule has 0 aliphatic carbocycles. The summed E-state index contributed by atoms with van der Waals surface area (Å²) in [4.78, 5) is 2.04. The molecule has 0 saturated heterocycles. The van der Waals surface area contributed by atoms with Crippen molar-refractivity contribution in [3.63, 3.8) is 0 Å². The first-order valence-electron chi connectivity index (χ1n) is 6.26. The zero-order valence-electron chi connectivity index (χ0n) is 10.9. The average molecular weight is 322 g/mol. The van der Waals surface area contributed by atoms with Gasteiger partial charge in [-0.05, 0) is 30.3 Å². The molecule has 0 amide bonds. The van der Waals surface area contributed by atoms with Gasteiger partial charge in [0.25, 0.3) is 0 Å². The van der Waals surface area contributed by atoms with Crippen molar-refractivity contribution in [1.82, 2.24) is 4.90 Å². The molecule has 0 radical (unpaired) electrons. The van der Waals surface area contributed by atoms with Crippen LogP contribution >= 0.6 is 15.9 Å². The first-order chi connectivity index (χ1) is 9.20. The number of hydrogen-bond donors (Lipinski definition) is 0. The van der Waals surface area contributed by atoms with Gasteiger partial charge in [0.05, 0.1) is 6.04 Å². The molecule has 1 atom stereocenters. The number of nitrogens with zero attached hydrogens (tertiary/aromatic N) is 1. The molecular formula is C16H17BrFN. The van der Waals surface area contributed by atoms with Crippen molar-refractivity contribution in [2.24, 2.45) is 0 Å². The lowest BCUT2D eigenvalue weighted by molar-refractivity contribution is 0.196. The highest BCUT2D eigenvalue weighted by atomic mass is 79.9. The van der Waals surface area contributed by atoms with E-state index in [-0.39, 0.29) is 12.7 Å². The van der Waals surface area contributed by atoms with Crippen molar-refractivity contribution in [2.45, 2.75) is 12.6 Å². The maximum Gasteiger partial charge on any atom is 0.109 e. The Hall–Kier alpha value is -1.19. The third-order valence-electron chi connectivity index (χ3n) is 3.21. The zero-order valence-corrected chi connectivity index (χ0v) is 12.5. The van der Waals surface area contributed by atoms with Gasteiger partial charge in [0.1, 0.15) is 6.67 Å². The van der Waals surface area contributed by atoms with Crippen LogP contribution in [0.15, 0.2) is 59.1 Å². The molecule has 0 aliphatic rings. The molecule has 0 heterocycles. The first kappa shape index (κ1) is 14.2. The van der Waals surface area contributed by atoms with Gasteiger partial charge < -0.3 is 0 Å². The first-order valence-corrected chi connectivity index (χ1v) is 7.05. The summed E-state index contributed by atoms with van der Waals surface area (Å²) in [5, 5.41) is 0. The van der Waals surface area contributed by atoms with E-state index in [1.54, 1.807) is 0 Å². The predicted molar refractivity (Wildman–Crippen MR) is 80.8 cm³/mol. The molecule has 0 bridgehead atoms. The maximum atomic E-state index is 13.3. The van der Waals surface area contributed by atoms with Crippen molar-refractivity contribution in [3.05, 3.63) is 70.2 Å². The molecule has 0 saturated carbocycles. The van der Waals surface area contributed by atoms with E-state index in [1.165, 1.54) is 5.56 Å². The molecule has 0 aromatic heterocycles. The zero-order chi connectivity index (χ0) is 13.7. The van der Waals surface area contributed by atoms with E-state index in [4.69, 9.17) is 0 Å². The minimum atomic E-state index is -0.384. The van der Waals surface area contributed by atoms with E-state index in [0.29, 0.717) is 0 Å². The Morgan fingerprint density at radius 2 is 1.68 bits per heavy atom. The number of hydrogen-bond acceptors (Lipinski definition) is 1. The Morgan fingerprint density at radius 1 is 1.05 bits per heavy atom. The molecule has 1 nitrogen and oxygen atoms in total. The summed E-state index contributed by atoms with van der Waals surface area (Å²) in [5.41, 5.74) is 2.20. The second kappa shape index (κ2) is 6.83. The molecule has 3 heteroatoms. The van der Waals surface area contributed by atoms with E-state index in [0.717, 1.165) is 16.6 Å². The molecule has 0 fully saturated rings. The van der Waals surface area contributed by atoms with Gasteiger partial charge in [-0.15, -0.1) is 0 Å². The summed E-state index contributed by atoms with van der Waals surface area (Å²) in [6.07, 6.45) is 0. The number of halogens is 2. The van der Waals surface area contributed by atoms with Crippen LogP contribution in [-0.2, 0) is 6.54 Å². The predicted octanol–water partition coefficient (Wildman–Crippen LogP) is 4.59. The summed E-state index contributed by atoms with van der Waals surface area (Å²) in [6, 6.07) is 17.8. The van der Waals surface area contributed by atoms with E-state index in [9.17, 15) is 4.39 Å². The van der Waals surface area contributed by atoms with Gasteiger partial charge in [-0.3, -0.25) is 4.90 Å². The van der Waals surface area contributed by atoms with Crippen LogP contribution in [0.4, 0.5) is 4.39 Å². The summed E-state index contributed by atoms with van der Waals surface area (Å²) in [5.74, 6) is 0. The van der Waals surface area contributed by atoms with E-state index >= 15 is 0 Å². The SMILES string of the molecule is CN(Cc1ccccc1)C(CF)c1ccc(Br)cc1. The van der Waals surface area contributed by atoms with Crippen LogP contribution in [-0.4, -0.2) is 18.6 Å². The molecule has 100 valence electrons. The van der Waals surface area contributed by atoms with Gasteiger partial charge in [0.2, 0.25) is 0 Å². The third-order valence-corrected chi connectivity index (χ3v) is 3.74. The molecule has 1 unspecified atom stereocenters. The maximum absolute atomic E-state index is 13.3. The fourth-order valence-electron chi connectivity index (χ4n) is 2.13. The van der Waals surface area contributed by atoms with Crippen LogP contribution in [0.25, 0.3) is 0 Å². The Balaban J connectivity index is 2.11. The van der Waals surface area contributed by atoms with Gasteiger partial charge >= 0.3 is 0 Å². The minimum absolute atomic E-state index is 0.201. The normalized spacial score (nSPS) is 12.6. The van der Waals surface area contributed by atoms with E-state index in [2.05, 4.69) is 28.1 Å². The van der Waals surface area contributed by atoms with Gasteiger partial charge in [0, 0.05) is 11.0 Å². The van der Waals surface area contributed by atoms with Crippen LogP contribution in [0.3, 0.4) is 0 Å². The van der Waals surface area contributed by atoms with Crippen molar-refractivity contribution < 1.29 is 4.39 Å². The van der Waals surface area contributed by atoms with Gasteiger partial charge in [-0.2, -0.15) is 0 Å². The smallest absolute Gasteiger partial charge is 0.109 e.